The molecule has 1 heterocycles. The third-order valence-corrected chi connectivity index (χ3v) is 11.5. The summed E-state index contributed by atoms with van der Waals surface area (Å²) in [6.45, 7) is 6.65. The average molecular weight is 570 g/mol. The molecule has 11 heteroatoms. The first-order valence-electron chi connectivity index (χ1n) is 12.6. The number of aromatic nitrogens is 1. The lowest BCUT2D eigenvalue weighted by molar-refractivity contribution is -0.179. The molecule has 3 saturated carbocycles. The highest BCUT2D eigenvalue weighted by atomic mass is 32.2. The predicted molar refractivity (Wildman–Crippen MR) is 137 cm³/mol. The van der Waals surface area contributed by atoms with Gasteiger partial charge in [-0.25, -0.2) is 22.9 Å². The largest absolute Gasteiger partial charge is 0.504 e. The van der Waals surface area contributed by atoms with Crippen molar-refractivity contribution in [3.63, 3.8) is 0 Å². The average Bonchev–Trinajstić information content (AvgIpc) is 3.37. The zero-order valence-electron chi connectivity index (χ0n) is 21.6. The number of rotatable bonds is 4. The molecule has 6 nitrogen and oxygen atoms in total. The van der Waals surface area contributed by atoms with Gasteiger partial charge in [-0.1, -0.05) is 13.8 Å². The molecule has 0 aromatic carbocycles. The number of carbonyl (C=O) groups is 3. The fourth-order valence-corrected chi connectivity index (χ4v) is 9.49. The molecule has 1 aromatic rings. The van der Waals surface area contributed by atoms with Crippen LogP contribution in [0.4, 0.5) is 13.2 Å². The molecule has 4 aliphatic rings. The summed E-state index contributed by atoms with van der Waals surface area (Å²) >= 11 is 1.50. The van der Waals surface area contributed by atoms with Crippen LogP contribution >= 0.6 is 23.1 Å². The number of aliphatic hydroxyl groups excluding tert-OH is 1. The van der Waals surface area contributed by atoms with Crippen LogP contribution in [0.5, 0.6) is 0 Å². The van der Waals surface area contributed by atoms with E-state index in [1.807, 2.05) is 0 Å². The maximum Gasteiger partial charge on any atom is 0.351 e. The molecule has 3 fully saturated rings. The topological polar surface area (TPSA) is 93.6 Å². The zero-order valence-corrected chi connectivity index (χ0v) is 23.2. The number of aryl methyl sites for hydroxylation is 1. The normalized spacial score (nSPS) is 41.9. The van der Waals surface area contributed by atoms with E-state index in [2.05, 4.69) is 4.98 Å². The number of esters is 1. The third-order valence-electron chi connectivity index (χ3n) is 9.95. The minimum Gasteiger partial charge on any atom is -0.504 e. The molecule has 0 radical (unpaired) electrons. The summed E-state index contributed by atoms with van der Waals surface area (Å²) in [5.74, 6) is -4.19. The van der Waals surface area contributed by atoms with E-state index in [1.54, 1.807) is 20.8 Å². The molecule has 8 atom stereocenters. The van der Waals surface area contributed by atoms with Gasteiger partial charge in [-0.15, -0.1) is 11.3 Å². The molecule has 4 aliphatic carbocycles. The van der Waals surface area contributed by atoms with E-state index in [-0.39, 0.29) is 36.1 Å². The molecule has 0 bridgehead atoms. The highest BCUT2D eigenvalue weighted by molar-refractivity contribution is 8.13. The molecule has 38 heavy (non-hydrogen) atoms. The van der Waals surface area contributed by atoms with E-state index in [9.17, 15) is 23.9 Å². The van der Waals surface area contributed by atoms with Crippen molar-refractivity contribution in [2.24, 2.45) is 28.6 Å². The second-order valence-corrected chi connectivity index (χ2v) is 13.2. The molecule has 1 N–H and O–H groups in total. The lowest BCUT2D eigenvalue weighted by Crippen LogP contribution is -2.65. The highest BCUT2D eigenvalue weighted by Gasteiger charge is 2.76. The number of hydrogen-bond acceptors (Lipinski definition) is 8. The minimum absolute atomic E-state index is 0.0103. The van der Waals surface area contributed by atoms with Gasteiger partial charge in [0.1, 0.15) is 22.7 Å². The lowest BCUT2D eigenvalue weighted by atomic mass is 9.45. The Morgan fingerprint density at radius 3 is 2.61 bits per heavy atom. The van der Waals surface area contributed by atoms with Crippen molar-refractivity contribution in [3.8, 4) is 0 Å². The number of carbonyl (C=O) groups excluding carboxylic acids is 3. The highest BCUT2D eigenvalue weighted by Crippen LogP contribution is 2.72. The monoisotopic (exact) mass is 569 g/mol. The summed E-state index contributed by atoms with van der Waals surface area (Å²) in [5.41, 5.74) is -4.50. The number of thiazole rings is 1. The van der Waals surface area contributed by atoms with Crippen LogP contribution in [-0.2, 0) is 14.3 Å². The Kier molecular flexibility index (Phi) is 6.45. The predicted octanol–water partition coefficient (Wildman–Crippen LogP) is 6.01. The van der Waals surface area contributed by atoms with Crippen molar-refractivity contribution >= 4 is 40.0 Å². The Morgan fingerprint density at radius 2 is 1.97 bits per heavy atom. The second kappa shape index (κ2) is 8.94. The van der Waals surface area contributed by atoms with E-state index >= 15 is 8.78 Å². The molecule has 0 spiro atoms. The molecule has 0 unspecified atom stereocenters. The first kappa shape index (κ1) is 27.4. The number of allylic oxidation sites excluding steroid dienone is 3. The van der Waals surface area contributed by atoms with Gasteiger partial charge in [0.15, 0.2) is 11.4 Å². The van der Waals surface area contributed by atoms with Gasteiger partial charge in [-0.3, -0.25) is 9.59 Å². The maximum absolute atomic E-state index is 17.3. The van der Waals surface area contributed by atoms with Crippen LogP contribution in [0.25, 0.3) is 0 Å². The Hall–Kier alpha value is -2.14. The summed E-state index contributed by atoms with van der Waals surface area (Å²) in [6.07, 6.45) is 0.537. The van der Waals surface area contributed by atoms with Gasteiger partial charge < -0.3 is 9.84 Å². The van der Waals surface area contributed by atoms with E-state index in [1.165, 1.54) is 12.4 Å². The minimum atomic E-state index is -2.02. The van der Waals surface area contributed by atoms with E-state index in [0.717, 1.165) is 23.5 Å². The number of fused-ring (bicyclic) bond motifs is 5. The maximum atomic E-state index is 17.3. The quantitative estimate of drug-likeness (QED) is 0.444. The van der Waals surface area contributed by atoms with Gasteiger partial charge in [-0.05, 0) is 74.9 Å². The van der Waals surface area contributed by atoms with Crippen molar-refractivity contribution in [3.05, 3.63) is 39.6 Å². The van der Waals surface area contributed by atoms with E-state index in [4.69, 9.17) is 4.74 Å². The number of aliphatic hydroxyl groups is 1. The van der Waals surface area contributed by atoms with Gasteiger partial charge in [0, 0.05) is 22.7 Å². The zero-order chi connectivity index (χ0) is 27.8. The number of ketones is 1. The second-order valence-electron chi connectivity index (χ2n) is 11.5. The van der Waals surface area contributed by atoms with Gasteiger partial charge in [-0.2, -0.15) is 0 Å². The summed E-state index contributed by atoms with van der Waals surface area (Å²) in [6, 6.07) is -1.02. The molecular weight excluding hydrogens is 539 g/mol. The summed E-state index contributed by atoms with van der Waals surface area (Å²) in [7, 11) is 0. The van der Waals surface area contributed by atoms with Crippen molar-refractivity contribution < 1.29 is 37.4 Å². The SMILES string of the molecule is Cc1ncsc1C(=O)O[C@]1(C(=O)SCF)[C@H](C)C[C@H]2[C@@H]3C[C@H](F)C4=CC(=O)C(O)=C[C@]4(C)[C@@]3(F)CC[C@@]21C. The summed E-state index contributed by atoms with van der Waals surface area (Å²) < 4.78 is 52.7. The van der Waals surface area contributed by atoms with Crippen LogP contribution in [0.15, 0.2) is 29.0 Å². The number of nitrogens with zero attached hydrogens (tertiary/aromatic N) is 1. The molecular formula is C27H30F3NO5S2. The van der Waals surface area contributed by atoms with Gasteiger partial charge in [0.25, 0.3) is 0 Å². The Labute approximate surface area is 227 Å². The molecule has 0 aliphatic heterocycles. The van der Waals surface area contributed by atoms with Crippen LogP contribution in [0.1, 0.15) is 61.8 Å². The summed E-state index contributed by atoms with van der Waals surface area (Å²) in [5, 5.41) is 9.57. The van der Waals surface area contributed by atoms with E-state index < -0.39 is 74.7 Å². The summed E-state index contributed by atoms with van der Waals surface area (Å²) in [4.78, 5) is 43.5. The van der Waals surface area contributed by atoms with Crippen molar-refractivity contribution in [1.29, 1.82) is 0 Å². The fourth-order valence-electron chi connectivity index (χ4n) is 8.03. The van der Waals surface area contributed by atoms with Crippen molar-refractivity contribution in [1.82, 2.24) is 4.98 Å². The molecule has 206 valence electrons. The first-order valence-corrected chi connectivity index (χ1v) is 14.5. The van der Waals surface area contributed by atoms with E-state index in [0.29, 0.717) is 17.5 Å². The molecule has 0 saturated heterocycles. The Balaban J connectivity index is 1.61. The number of halogens is 3. The van der Waals surface area contributed by atoms with Gasteiger partial charge in [0.2, 0.25) is 10.9 Å². The Bertz CT molecular complexity index is 1280. The number of ether oxygens (including phenoxy) is 1. The fraction of sp³-hybridized carbons (Fsp3) is 0.630. The van der Waals surface area contributed by atoms with Crippen LogP contribution in [0.2, 0.25) is 0 Å². The lowest BCUT2D eigenvalue weighted by Gasteiger charge is -2.61. The molecule has 0 amide bonds. The molecule has 1 aromatic heterocycles. The van der Waals surface area contributed by atoms with Crippen LogP contribution in [0.3, 0.4) is 0 Å². The number of alkyl halides is 3. The molecule has 5 rings (SSSR count). The van der Waals surface area contributed by atoms with Gasteiger partial charge >= 0.3 is 5.97 Å². The van der Waals surface area contributed by atoms with Crippen molar-refractivity contribution in [2.75, 3.05) is 6.01 Å². The third kappa shape index (κ3) is 3.39. The number of thioether (sulfide) groups is 1. The van der Waals surface area contributed by atoms with Crippen LogP contribution < -0.4 is 0 Å². The van der Waals surface area contributed by atoms with Crippen LogP contribution in [0, 0.1) is 35.5 Å². The van der Waals surface area contributed by atoms with Crippen molar-refractivity contribution in [2.45, 2.75) is 70.8 Å². The van der Waals surface area contributed by atoms with Crippen LogP contribution in [-0.4, -0.2) is 50.4 Å². The smallest absolute Gasteiger partial charge is 0.351 e. The Morgan fingerprint density at radius 1 is 1.26 bits per heavy atom. The number of hydrogen-bond donors (Lipinski definition) is 1. The standard InChI is InChI=1S/C27H30F3NO5S2/c1-13-7-15-16-8-18(29)17-9-19(32)20(33)10-25(17,4)26(16,30)6-5-24(15,3)27(13,23(35)37-11-28)36-22(34)21-14(2)31-12-38-21/h9-10,12-13,15-16,18,33H,5-8,11H2,1-4H3/t13-,15+,16+,18+,24+,25+,26-,27+/m1/s1. The first-order chi connectivity index (χ1) is 17.8. The van der Waals surface area contributed by atoms with Gasteiger partial charge in [0.05, 0.1) is 11.2 Å².